The highest BCUT2D eigenvalue weighted by atomic mass is 16.2. The van der Waals surface area contributed by atoms with Gasteiger partial charge in [0.1, 0.15) is 5.56 Å². The highest BCUT2D eigenvalue weighted by Gasteiger charge is 2.26. The second kappa shape index (κ2) is 6.70. The molecule has 0 aliphatic carbocycles. The fourth-order valence-corrected chi connectivity index (χ4v) is 2.69. The molecule has 0 aromatic carbocycles. The minimum atomic E-state index is -0.292. The van der Waals surface area contributed by atoms with Crippen molar-refractivity contribution in [3.63, 3.8) is 0 Å². The molecule has 0 bridgehead atoms. The summed E-state index contributed by atoms with van der Waals surface area (Å²) >= 11 is 0. The van der Waals surface area contributed by atoms with Crippen molar-refractivity contribution >= 4 is 5.91 Å². The highest BCUT2D eigenvalue weighted by molar-refractivity contribution is 5.94. The van der Waals surface area contributed by atoms with Gasteiger partial charge in [0.2, 0.25) is 0 Å². The Morgan fingerprint density at radius 1 is 1.45 bits per heavy atom. The Bertz CT molecular complexity index is 518. The van der Waals surface area contributed by atoms with Crippen LogP contribution in [0.25, 0.3) is 0 Å². The van der Waals surface area contributed by atoms with E-state index in [0.29, 0.717) is 6.54 Å². The normalized spacial score (nSPS) is 18.8. The summed E-state index contributed by atoms with van der Waals surface area (Å²) in [7, 11) is 0. The number of hydrogen-bond acceptors (Lipinski definition) is 3. The molecule has 2 N–H and O–H groups in total. The first-order valence-electron chi connectivity index (χ1n) is 7.35. The Morgan fingerprint density at radius 3 is 2.85 bits per heavy atom. The molecule has 1 aliphatic heterocycles. The average molecular weight is 277 g/mol. The van der Waals surface area contributed by atoms with Crippen molar-refractivity contribution in [1.82, 2.24) is 15.2 Å². The summed E-state index contributed by atoms with van der Waals surface area (Å²) in [5, 5.41) is 3.32. The van der Waals surface area contributed by atoms with Crippen LogP contribution in [0.15, 0.2) is 16.9 Å². The summed E-state index contributed by atoms with van der Waals surface area (Å²) < 4.78 is 0. The lowest BCUT2D eigenvalue weighted by atomic mass is 10.0. The van der Waals surface area contributed by atoms with E-state index in [2.05, 4.69) is 17.2 Å². The number of carbonyl (C=O) groups is 1. The van der Waals surface area contributed by atoms with Gasteiger partial charge in [-0.1, -0.05) is 6.92 Å². The predicted molar refractivity (Wildman–Crippen MR) is 79.0 cm³/mol. The molecule has 5 nitrogen and oxygen atoms in total. The molecule has 1 atom stereocenters. The number of carbonyl (C=O) groups excluding carboxylic acids is 1. The Kier molecular flexibility index (Phi) is 4.95. The Balaban J connectivity index is 2.23. The Morgan fingerprint density at radius 2 is 2.25 bits per heavy atom. The summed E-state index contributed by atoms with van der Waals surface area (Å²) in [6, 6.07) is 3.60. The number of pyridine rings is 1. The van der Waals surface area contributed by atoms with E-state index in [0.717, 1.165) is 38.0 Å². The maximum atomic E-state index is 12.6. The van der Waals surface area contributed by atoms with Gasteiger partial charge >= 0.3 is 0 Å². The van der Waals surface area contributed by atoms with Crippen LogP contribution in [-0.4, -0.2) is 41.5 Å². The van der Waals surface area contributed by atoms with Crippen LogP contribution in [0.4, 0.5) is 0 Å². The van der Waals surface area contributed by atoms with Crippen LogP contribution in [0.3, 0.4) is 0 Å². The van der Waals surface area contributed by atoms with Crippen molar-refractivity contribution in [3.05, 3.63) is 33.7 Å². The predicted octanol–water partition coefficient (Wildman–Crippen LogP) is 1.29. The van der Waals surface area contributed by atoms with Gasteiger partial charge < -0.3 is 15.2 Å². The molecule has 1 aromatic heterocycles. The first kappa shape index (κ1) is 14.8. The Labute approximate surface area is 119 Å². The molecule has 1 unspecified atom stereocenters. The SMILES string of the molecule is CCCN(C(=O)c1ccc(C)[nH]c1=O)C1CCCNC1. The summed E-state index contributed by atoms with van der Waals surface area (Å²) in [5.74, 6) is -0.151. The van der Waals surface area contributed by atoms with Crippen LogP contribution in [-0.2, 0) is 0 Å². The third-order valence-corrected chi connectivity index (χ3v) is 3.72. The molecule has 5 heteroatoms. The molecule has 1 amide bonds. The van der Waals surface area contributed by atoms with Crippen molar-refractivity contribution in [3.8, 4) is 0 Å². The summed E-state index contributed by atoms with van der Waals surface area (Å²) in [6.07, 6.45) is 2.97. The van der Waals surface area contributed by atoms with E-state index in [4.69, 9.17) is 0 Å². The van der Waals surface area contributed by atoms with Crippen LogP contribution >= 0.6 is 0 Å². The molecule has 0 radical (unpaired) electrons. The molecule has 0 saturated carbocycles. The molecular weight excluding hydrogens is 254 g/mol. The molecule has 20 heavy (non-hydrogen) atoms. The second-order valence-corrected chi connectivity index (χ2v) is 5.38. The lowest BCUT2D eigenvalue weighted by Crippen LogP contribution is -2.49. The molecule has 110 valence electrons. The van der Waals surface area contributed by atoms with E-state index in [1.165, 1.54) is 0 Å². The van der Waals surface area contributed by atoms with Crippen LogP contribution < -0.4 is 10.9 Å². The van der Waals surface area contributed by atoms with Crippen molar-refractivity contribution in [2.45, 2.75) is 39.2 Å². The molecule has 1 aromatic rings. The maximum Gasteiger partial charge on any atom is 0.260 e. The number of nitrogens with one attached hydrogen (secondary N) is 2. The number of aromatic amines is 1. The van der Waals surface area contributed by atoms with E-state index >= 15 is 0 Å². The highest BCUT2D eigenvalue weighted by Crippen LogP contribution is 2.13. The summed E-state index contributed by atoms with van der Waals surface area (Å²) in [6.45, 7) is 6.38. The quantitative estimate of drug-likeness (QED) is 0.871. The molecular formula is C15H23N3O2. The zero-order chi connectivity index (χ0) is 14.5. The number of aryl methyl sites for hydroxylation is 1. The van der Waals surface area contributed by atoms with E-state index < -0.39 is 0 Å². The van der Waals surface area contributed by atoms with E-state index in [1.807, 2.05) is 11.8 Å². The lowest BCUT2D eigenvalue weighted by Gasteiger charge is -2.34. The first-order valence-corrected chi connectivity index (χ1v) is 7.35. The van der Waals surface area contributed by atoms with Gasteiger partial charge in [-0.15, -0.1) is 0 Å². The van der Waals surface area contributed by atoms with Crippen LogP contribution in [0, 0.1) is 6.92 Å². The molecule has 1 aliphatic rings. The standard InChI is InChI=1S/C15H23N3O2/c1-3-9-18(12-5-4-8-16-10-12)15(20)13-7-6-11(2)17-14(13)19/h6-7,12,16H,3-5,8-10H2,1-2H3,(H,17,19). The van der Waals surface area contributed by atoms with Gasteiger partial charge in [0.05, 0.1) is 0 Å². The third-order valence-electron chi connectivity index (χ3n) is 3.72. The van der Waals surface area contributed by atoms with Gasteiger partial charge in [0.15, 0.2) is 0 Å². The van der Waals surface area contributed by atoms with Gasteiger partial charge in [-0.25, -0.2) is 0 Å². The van der Waals surface area contributed by atoms with Crippen molar-refractivity contribution in [2.24, 2.45) is 0 Å². The minimum absolute atomic E-state index is 0.151. The third kappa shape index (κ3) is 3.28. The number of aromatic nitrogens is 1. The van der Waals surface area contributed by atoms with Crippen LogP contribution in [0.1, 0.15) is 42.2 Å². The number of hydrogen-bond donors (Lipinski definition) is 2. The van der Waals surface area contributed by atoms with E-state index in [-0.39, 0.29) is 23.1 Å². The smallest absolute Gasteiger partial charge is 0.260 e. The maximum absolute atomic E-state index is 12.6. The minimum Gasteiger partial charge on any atom is -0.334 e. The van der Waals surface area contributed by atoms with Crippen molar-refractivity contribution in [1.29, 1.82) is 0 Å². The fraction of sp³-hybridized carbons (Fsp3) is 0.600. The summed E-state index contributed by atoms with van der Waals surface area (Å²) in [4.78, 5) is 29.2. The molecule has 2 rings (SSSR count). The number of nitrogens with zero attached hydrogens (tertiary/aromatic N) is 1. The molecule has 2 heterocycles. The van der Waals surface area contributed by atoms with Gasteiger partial charge in [-0.3, -0.25) is 9.59 Å². The molecule has 0 spiro atoms. The zero-order valence-electron chi connectivity index (χ0n) is 12.2. The van der Waals surface area contributed by atoms with Gasteiger partial charge in [-0.05, 0) is 44.9 Å². The Hall–Kier alpha value is -1.62. The van der Waals surface area contributed by atoms with Crippen molar-refractivity contribution in [2.75, 3.05) is 19.6 Å². The van der Waals surface area contributed by atoms with Crippen molar-refractivity contribution < 1.29 is 4.79 Å². The largest absolute Gasteiger partial charge is 0.334 e. The van der Waals surface area contributed by atoms with E-state index in [9.17, 15) is 9.59 Å². The van der Waals surface area contributed by atoms with Crippen LogP contribution in [0.5, 0.6) is 0 Å². The molecule has 1 saturated heterocycles. The first-order chi connectivity index (χ1) is 9.63. The zero-order valence-corrected chi connectivity index (χ0v) is 12.2. The number of piperidine rings is 1. The fourth-order valence-electron chi connectivity index (χ4n) is 2.69. The number of amides is 1. The average Bonchev–Trinajstić information content (AvgIpc) is 2.45. The lowest BCUT2D eigenvalue weighted by molar-refractivity contribution is 0.0647. The second-order valence-electron chi connectivity index (χ2n) is 5.38. The monoisotopic (exact) mass is 277 g/mol. The van der Waals surface area contributed by atoms with Gasteiger partial charge in [0, 0.05) is 24.8 Å². The van der Waals surface area contributed by atoms with E-state index in [1.54, 1.807) is 12.1 Å². The number of rotatable bonds is 4. The number of H-pyrrole nitrogens is 1. The van der Waals surface area contributed by atoms with Gasteiger partial charge in [-0.2, -0.15) is 0 Å². The summed E-state index contributed by atoms with van der Waals surface area (Å²) in [5.41, 5.74) is 0.724. The van der Waals surface area contributed by atoms with Crippen LogP contribution in [0.2, 0.25) is 0 Å². The topological polar surface area (TPSA) is 65.2 Å². The van der Waals surface area contributed by atoms with Gasteiger partial charge in [0.25, 0.3) is 11.5 Å². The molecule has 1 fully saturated rings.